The van der Waals surface area contributed by atoms with Gasteiger partial charge >= 0.3 is 0 Å². The van der Waals surface area contributed by atoms with Crippen LogP contribution in [0.3, 0.4) is 0 Å². The Morgan fingerprint density at radius 1 is 1.13 bits per heavy atom. The predicted molar refractivity (Wildman–Crippen MR) is 111 cm³/mol. The van der Waals surface area contributed by atoms with Crippen molar-refractivity contribution < 1.29 is 29.3 Å². The fraction of sp³-hybridized carbons (Fsp3) is 0.304. The van der Waals surface area contributed by atoms with Crippen LogP contribution in [0, 0.1) is 0 Å². The standard InChI is InChI=1S/C23H25NO6/c1-3-30-18-10-5-8-16(14-18)21(26)19-20(15-7-4-9-17(25)13-15)24(11-6-12-29-2)23(28)22(19)27/h4-5,7-10,13-14,20,25-26H,3,6,11-12H2,1-2H3. The molecule has 30 heavy (non-hydrogen) atoms. The van der Waals surface area contributed by atoms with Crippen LogP contribution in [0.25, 0.3) is 5.76 Å². The van der Waals surface area contributed by atoms with Gasteiger partial charge in [-0.05, 0) is 43.2 Å². The van der Waals surface area contributed by atoms with E-state index in [2.05, 4.69) is 0 Å². The predicted octanol–water partition coefficient (Wildman–Crippen LogP) is 3.25. The lowest BCUT2D eigenvalue weighted by Gasteiger charge is -2.25. The van der Waals surface area contributed by atoms with Crippen molar-refractivity contribution in [2.45, 2.75) is 19.4 Å². The molecule has 1 aliphatic heterocycles. The summed E-state index contributed by atoms with van der Waals surface area (Å²) < 4.78 is 10.5. The normalized spacial score (nSPS) is 18.1. The highest BCUT2D eigenvalue weighted by Crippen LogP contribution is 2.40. The monoisotopic (exact) mass is 411 g/mol. The molecule has 1 saturated heterocycles. The van der Waals surface area contributed by atoms with Crippen molar-refractivity contribution in [3.05, 3.63) is 65.2 Å². The van der Waals surface area contributed by atoms with Crippen molar-refractivity contribution >= 4 is 17.4 Å². The summed E-state index contributed by atoms with van der Waals surface area (Å²) in [5.41, 5.74) is 0.895. The molecule has 0 spiro atoms. The zero-order valence-corrected chi connectivity index (χ0v) is 17.0. The van der Waals surface area contributed by atoms with Crippen molar-refractivity contribution in [3.63, 3.8) is 0 Å². The summed E-state index contributed by atoms with van der Waals surface area (Å²) in [5.74, 6) is -1.18. The van der Waals surface area contributed by atoms with Crippen molar-refractivity contribution in [2.24, 2.45) is 0 Å². The first-order valence-electron chi connectivity index (χ1n) is 9.77. The van der Waals surface area contributed by atoms with Crippen molar-refractivity contribution in [3.8, 4) is 11.5 Å². The third kappa shape index (κ3) is 4.31. The molecule has 7 heteroatoms. The highest BCUT2D eigenvalue weighted by molar-refractivity contribution is 6.46. The third-order valence-electron chi connectivity index (χ3n) is 4.89. The van der Waals surface area contributed by atoms with E-state index in [1.54, 1.807) is 43.5 Å². The molecule has 3 rings (SSSR count). The first-order valence-corrected chi connectivity index (χ1v) is 9.77. The Labute approximate surface area is 175 Å². The van der Waals surface area contributed by atoms with E-state index >= 15 is 0 Å². The van der Waals surface area contributed by atoms with Crippen LogP contribution in [0.15, 0.2) is 54.1 Å². The minimum Gasteiger partial charge on any atom is -0.508 e. The number of ether oxygens (including phenoxy) is 2. The van der Waals surface area contributed by atoms with E-state index in [1.165, 1.54) is 17.0 Å². The van der Waals surface area contributed by atoms with Crippen LogP contribution in [-0.2, 0) is 14.3 Å². The number of carbonyl (C=O) groups excluding carboxylic acids is 2. The molecule has 2 aromatic carbocycles. The molecule has 7 nitrogen and oxygen atoms in total. The summed E-state index contributed by atoms with van der Waals surface area (Å²) >= 11 is 0. The van der Waals surface area contributed by atoms with Gasteiger partial charge in [-0.15, -0.1) is 0 Å². The Morgan fingerprint density at radius 3 is 2.60 bits per heavy atom. The number of aliphatic hydroxyl groups is 1. The number of carbonyl (C=O) groups is 2. The van der Waals surface area contributed by atoms with Crippen LogP contribution < -0.4 is 4.74 Å². The average molecular weight is 411 g/mol. The van der Waals surface area contributed by atoms with Gasteiger partial charge in [-0.2, -0.15) is 0 Å². The van der Waals surface area contributed by atoms with Gasteiger partial charge in [-0.3, -0.25) is 9.59 Å². The lowest BCUT2D eigenvalue weighted by Crippen LogP contribution is -2.31. The Morgan fingerprint density at radius 2 is 1.90 bits per heavy atom. The van der Waals surface area contributed by atoms with Gasteiger partial charge in [-0.1, -0.05) is 24.3 Å². The van der Waals surface area contributed by atoms with Gasteiger partial charge < -0.3 is 24.6 Å². The number of nitrogens with zero attached hydrogens (tertiary/aromatic N) is 1. The van der Waals surface area contributed by atoms with E-state index in [9.17, 15) is 19.8 Å². The maximum Gasteiger partial charge on any atom is 0.295 e. The number of Topliss-reactive ketones (excluding diaryl/α,β-unsaturated/α-hetero) is 1. The summed E-state index contributed by atoms with van der Waals surface area (Å²) in [4.78, 5) is 27.1. The minimum atomic E-state index is -0.815. The lowest BCUT2D eigenvalue weighted by atomic mass is 9.95. The van der Waals surface area contributed by atoms with Crippen LogP contribution in [0.2, 0.25) is 0 Å². The summed E-state index contributed by atoms with van der Waals surface area (Å²) in [7, 11) is 1.56. The Bertz CT molecular complexity index is 968. The fourth-order valence-electron chi connectivity index (χ4n) is 3.59. The van der Waals surface area contributed by atoms with Gasteiger partial charge in [0.15, 0.2) is 0 Å². The number of aliphatic hydroxyl groups excluding tert-OH is 1. The van der Waals surface area contributed by atoms with Crippen molar-refractivity contribution in [1.82, 2.24) is 4.90 Å². The Balaban J connectivity index is 2.11. The molecule has 1 aliphatic rings. The molecule has 2 N–H and O–H groups in total. The van der Waals surface area contributed by atoms with E-state index in [0.717, 1.165) is 0 Å². The molecule has 0 radical (unpaired) electrons. The number of rotatable bonds is 8. The van der Waals surface area contributed by atoms with Gasteiger partial charge in [0.2, 0.25) is 0 Å². The van der Waals surface area contributed by atoms with Gasteiger partial charge in [0, 0.05) is 25.8 Å². The number of hydrogen-bond acceptors (Lipinski definition) is 6. The minimum absolute atomic E-state index is 0.00771. The number of hydrogen-bond donors (Lipinski definition) is 2. The number of benzene rings is 2. The van der Waals surface area contributed by atoms with Gasteiger partial charge in [0.25, 0.3) is 11.7 Å². The maximum absolute atomic E-state index is 12.9. The molecule has 0 aliphatic carbocycles. The van der Waals surface area contributed by atoms with E-state index in [1.807, 2.05) is 6.92 Å². The molecule has 0 aromatic heterocycles. The number of amides is 1. The van der Waals surface area contributed by atoms with Crippen LogP contribution >= 0.6 is 0 Å². The molecule has 158 valence electrons. The number of phenolic OH excluding ortho intramolecular Hbond substituents is 1. The van der Waals surface area contributed by atoms with Crippen LogP contribution in [0.4, 0.5) is 0 Å². The molecule has 1 heterocycles. The number of phenols is 1. The molecule has 1 amide bonds. The van der Waals surface area contributed by atoms with Crippen LogP contribution in [-0.4, -0.2) is 53.7 Å². The highest BCUT2D eigenvalue weighted by atomic mass is 16.5. The number of methoxy groups -OCH3 is 1. The molecule has 0 saturated carbocycles. The second-order valence-electron chi connectivity index (χ2n) is 6.89. The van der Waals surface area contributed by atoms with Crippen LogP contribution in [0.1, 0.15) is 30.5 Å². The zero-order chi connectivity index (χ0) is 21.7. The van der Waals surface area contributed by atoms with Gasteiger partial charge in [0.1, 0.15) is 17.3 Å². The molecule has 0 bridgehead atoms. The summed E-state index contributed by atoms with van der Waals surface area (Å²) in [6.45, 7) is 3.00. The molecule has 1 atom stereocenters. The smallest absolute Gasteiger partial charge is 0.295 e. The Hall–Kier alpha value is -3.32. The molecule has 1 fully saturated rings. The van der Waals surface area contributed by atoms with Crippen molar-refractivity contribution in [2.75, 3.05) is 26.9 Å². The van der Waals surface area contributed by atoms with Gasteiger partial charge in [0.05, 0.1) is 18.2 Å². The SMILES string of the molecule is CCOc1cccc(C(O)=C2C(=O)C(=O)N(CCCOC)C2c2cccc(O)c2)c1. The fourth-order valence-corrected chi connectivity index (χ4v) is 3.59. The molecule has 1 unspecified atom stereocenters. The average Bonchev–Trinajstić information content (AvgIpc) is 2.99. The Kier molecular flexibility index (Phi) is 6.74. The zero-order valence-electron chi connectivity index (χ0n) is 17.0. The summed E-state index contributed by atoms with van der Waals surface area (Å²) in [6, 6.07) is 12.3. The summed E-state index contributed by atoms with van der Waals surface area (Å²) in [6.07, 6.45) is 0.526. The van der Waals surface area contributed by atoms with E-state index in [4.69, 9.17) is 9.47 Å². The highest BCUT2D eigenvalue weighted by Gasteiger charge is 2.45. The largest absolute Gasteiger partial charge is 0.508 e. The second kappa shape index (κ2) is 9.45. The molecular weight excluding hydrogens is 386 g/mol. The van der Waals surface area contributed by atoms with E-state index in [-0.39, 0.29) is 23.6 Å². The molecular formula is C23H25NO6. The quantitative estimate of drug-likeness (QED) is 0.300. The lowest BCUT2D eigenvalue weighted by molar-refractivity contribution is -0.140. The van der Waals surface area contributed by atoms with E-state index in [0.29, 0.717) is 36.5 Å². The second-order valence-corrected chi connectivity index (χ2v) is 6.89. The third-order valence-corrected chi connectivity index (χ3v) is 4.89. The van der Waals surface area contributed by atoms with Crippen molar-refractivity contribution in [1.29, 1.82) is 0 Å². The van der Waals surface area contributed by atoms with Crippen LogP contribution in [0.5, 0.6) is 11.5 Å². The van der Waals surface area contributed by atoms with Gasteiger partial charge in [-0.25, -0.2) is 0 Å². The number of aromatic hydroxyl groups is 1. The summed E-state index contributed by atoms with van der Waals surface area (Å²) in [5, 5.41) is 21.0. The topological polar surface area (TPSA) is 96.3 Å². The maximum atomic E-state index is 12.9. The molecule has 2 aromatic rings. The number of likely N-dealkylation sites (tertiary alicyclic amines) is 1. The first-order chi connectivity index (χ1) is 14.5. The number of ketones is 1. The first kappa shape index (κ1) is 21.4. The van der Waals surface area contributed by atoms with E-state index < -0.39 is 17.7 Å².